The molecular weight excluding hydrogens is 873 g/mol. The fourth-order valence-corrected chi connectivity index (χ4v) is 16.0. The predicted octanol–water partition coefficient (Wildman–Crippen LogP) is 18.4. The van der Waals surface area contributed by atoms with E-state index in [9.17, 15) is 0 Å². The van der Waals surface area contributed by atoms with Crippen molar-refractivity contribution in [2.45, 2.75) is 67.2 Å². The largest absolute Gasteiger partial charge is 0.135 e. The second kappa shape index (κ2) is 15.3. The quantitative estimate of drug-likeness (QED) is 0.165. The minimum absolute atomic E-state index is 1.06. The standard InChI is InChI=1S/C32H26S2.C30H22S2/c1-17-5-9-21(10-6-17)27-15-23-13-25-20(4)30-26(19(3)29(25)31(23)33-27)14-24-16-28(34-32(24)30)22-11-7-18(2)8-12-22;1-17-3-7-19(8-4-17)27-15-23-11-21-14-26-22(13-25(21)29(23)31-27)12-24-16-28(32-30(24)26)20-9-5-18(2)6-10-20/h5-12,15-16H,13-14H2,1-4H3;3-10,13-16H,11-12H2,1-2H3. The lowest BCUT2D eigenvalue weighted by Crippen LogP contribution is -1.97. The number of hydrogen-bond acceptors (Lipinski definition) is 4. The van der Waals surface area contributed by atoms with E-state index in [2.05, 4.69) is 175 Å². The van der Waals surface area contributed by atoms with Crippen molar-refractivity contribution in [1.29, 1.82) is 0 Å². The highest BCUT2D eigenvalue weighted by atomic mass is 32.1. The number of rotatable bonds is 4. The summed E-state index contributed by atoms with van der Waals surface area (Å²) in [6, 6.07) is 50.5. The zero-order valence-corrected chi connectivity index (χ0v) is 41.4. The summed E-state index contributed by atoms with van der Waals surface area (Å²) >= 11 is 7.88. The summed E-state index contributed by atoms with van der Waals surface area (Å²) in [7, 11) is 0. The molecule has 0 fully saturated rings. The van der Waals surface area contributed by atoms with Gasteiger partial charge < -0.3 is 0 Å². The lowest BCUT2D eigenvalue weighted by atomic mass is 9.90. The van der Waals surface area contributed by atoms with E-state index in [1.807, 2.05) is 45.3 Å². The third kappa shape index (κ3) is 6.55. The van der Waals surface area contributed by atoms with Gasteiger partial charge >= 0.3 is 0 Å². The Morgan fingerprint density at radius 3 is 0.864 bits per heavy atom. The van der Waals surface area contributed by atoms with Crippen LogP contribution in [0.4, 0.5) is 0 Å². The maximum Gasteiger partial charge on any atom is 0.0390 e. The van der Waals surface area contributed by atoms with E-state index in [4.69, 9.17) is 0 Å². The van der Waals surface area contributed by atoms with Gasteiger partial charge in [0.2, 0.25) is 0 Å². The molecule has 320 valence electrons. The van der Waals surface area contributed by atoms with Crippen LogP contribution in [0.15, 0.2) is 133 Å². The molecule has 0 saturated carbocycles. The average Bonchev–Trinajstić information content (AvgIpc) is 4.18. The molecule has 0 saturated heterocycles. The van der Waals surface area contributed by atoms with Crippen LogP contribution < -0.4 is 0 Å². The molecule has 0 atom stereocenters. The van der Waals surface area contributed by atoms with Gasteiger partial charge in [-0.05, 0) is 204 Å². The molecule has 0 nitrogen and oxygen atoms in total. The molecule has 0 bridgehead atoms. The number of hydrogen-bond donors (Lipinski definition) is 0. The zero-order chi connectivity index (χ0) is 44.5. The van der Waals surface area contributed by atoms with E-state index >= 15 is 0 Å². The molecule has 0 radical (unpaired) electrons. The lowest BCUT2D eigenvalue weighted by molar-refractivity contribution is 1.17. The predicted molar refractivity (Wildman–Crippen MR) is 288 cm³/mol. The molecule has 14 rings (SSSR count). The second-order valence-electron chi connectivity index (χ2n) is 19.2. The molecule has 66 heavy (non-hydrogen) atoms. The first-order chi connectivity index (χ1) is 32.1. The van der Waals surface area contributed by atoms with Gasteiger partial charge in [0, 0.05) is 39.0 Å². The van der Waals surface area contributed by atoms with Crippen LogP contribution in [0, 0.1) is 41.5 Å². The third-order valence-electron chi connectivity index (χ3n) is 14.6. The van der Waals surface area contributed by atoms with Crippen molar-refractivity contribution in [3.8, 4) is 83.5 Å². The Kier molecular flexibility index (Phi) is 9.39. The summed E-state index contributed by atoms with van der Waals surface area (Å²) < 4.78 is 0. The Labute approximate surface area is 404 Å². The monoisotopic (exact) mass is 920 g/mol. The van der Waals surface area contributed by atoms with Gasteiger partial charge in [0.25, 0.3) is 0 Å². The average molecular weight is 921 g/mol. The maximum absolute atomic E-state index is 2.49. The van der Waals surface area contributed by atoms with E-state index in [0.29, 0.717) is 0 Å². The highest BCUT2D eigenvalue weighted by Gasteiger charge is 2.34. The first-order valence-electron chi connectivity index (χ1n) is 23.2. The Balaban J connectivity index is 0.000000132. The molecule has 4 aliphatic carbocycles. The van der Waals surface area contributed by atoms with E-state index < -0.39 is 0 Å². The van der Waals surface area contributed by atoms with Crippen LogP contribution in [0.3, 0.4) is 0 Å². The number of fused-ring (bicyclic) bond motifs is 12. The van der Waals surface area contributed by atoms with Gasteiger partial charge in [-0.25, -0.2) is 0 Å². The number of benzene rings is 6. The van der Waals surface area contributed by atoms with Gasteiger partial charge in [-0.15, -0.1) is 45.3 Å². The van der Waals surface area contributed by atoms with Gasteiger partial charge in [-0.3, -0.25) is 0 Å². The van der Waals surface area contributed by atoms with Crippen molar-refractivity contribution in [1.82, 2.24) is 0 Å². The number of aryl methyl sites for hydroxylation is 4. The van der Waals surface area contributed by atoms with Gasteiger partial charge in [0.05, 0.1) is 0 Å². The van der Waals surface area contributed by atoms with Crippen molar-refractivity contribution in [2.75, 3.05) is 0 Å². The van der Waals surface area contributed by atoms with Gasteiger partial charge in [-0.1, -0.05) is 119 Å². The summed E-state index contributed by atoms with van der Waals surface area (Å²) in [6.07, 6.45) is 4.26. The minimum atomic E-state index is 1.06. The summed E-state index contributed by atoms with van der Waals surface area (Å²) in [5.74, 6) is 0. The highest BCUT2D eigenvalue weighted by molar-refractivity contribution is 7.20. The van der Waals surface area contributed by atoms with Crippen LogP contribution in [0.2, 0.25) is 0 Å². The van der Waals surface area contributed by atoms with E-state index in [1.54, 1.807) is 11.1 Å². The summed E-state index contributed by atoms with van der Waals surface area (Å²) in [6.45, 7) is 13.4. The zero-order valence-electron chi connectivity index (χ0n) is 38.2. The van der Waals surface area contributed by atoms with Crippen molar-refractivity contribution >= 4 is 45.3 Å². The summed E-state index contributed by atoms with van der Waals surface area (Å²) in [5.41, 5.74) is 31.8. The molecule has 0 amide bonds. The molecule has 0 aliphatic heterocycles. The minimum Gasteiger partial charge on any atom is -0.135 e. The van der Waals surface area contributed by atoms with Crippen LogP contribution in [0.5, 0.6) is 0 Å². The Bertz CT molecular complexity index is 3360. The maximum atomic E-state index is 2.49. The van der Waals surface area contributed by atoms with Crippen LogP contribution in [0.25, 0.3) is 83.5 Å². The molecule has 0 unspecified atom stereocenters. The molecule has 4 heterocycles. The van der Waals surface area contributed by atoms with Crippen LogP contribution >= 0.6 is 45.3 Å². The Hall–Kier alpha value is -5.88. The van der Waals surface area contributed by atoms with E-state index in [1.165, 1.54) is 150 Å². The molecule has 4 aromatic heterocycles. The molecule has 4 heteroatoms. The second-order valence-corrected chi connectivity index (χ2v) is 23.4. The van der Waals surface area contributed by atoms with E-state index in [0.717, 1.165) is 25.7 Å². The van der Waals surface area contributed by atoms with Crippen LogP contribution in [-0.2, 0) is 25.7 Å². The van der Waals surface area contributed by atoms with Crippen molar-refractivity contribution in [3.05, 3.63) is 211 Å². The molecule has 0 spiro atoms. The van der Waals surface area contributed by atoms with Gasteiger partial charge in [0.15, 0.2) is 0 Å². The third-order valence-corrected chi connectivity index (χ3v) is 19.6. The smallest absolute Gasteiger partial charge is 0.0390 e. The van der Waals surface area contributed by atoms with Crippen molar-refractivity contribution in [3.63, 3.8) is 0 Å². The molecule has 10 aromatic rings. The van der Waals surface area contributed by atoms with Gasteiger partial charge in [-0.2, -0.15) is 0 Å². The van der Waals surface area contributed by atoms with Crippen molar-refractivity contribution in [2.24, 2.45) is 0 Å². The SMILES string of the molecule is Cc1ccc(-c2cc3c(s2)-c2c(C)c4c(c(C)c2C3)-c2sc(-c3ccc(C)cc3)cc2C4)cc1.Cc1ccc(-c2cc3c(s2)-c2cc4c(cc2C3)-c2sc(-c3ccc(C)cc3)cc2C4)cc1. The van der Waals surface area contributed by atoms with Gasteiger partial charge in [0.1, 0.15) is 0 Å². The fraction of sp³-hybridized carbons (Fsp3) is 0.161. The molecule has 4 aliphatic rings. The first kappa shape index (κ1) is 40.4. The Morgan fingerprint density at radius 2 is 0.561 bits per heavy atom. The van der Waals surface area contributed by atoms with Crippen molar-refractivity contribution < 1.29 is 0 Å². The Morgan fingerprint density at radius 1 is 0.288 bits per heavy atom. The number of thiophene rings is 4. The molecular formula is C62H48S4. The normalized spacial score (nSPS) is 13.1. The topological polar surface area (TPSA) is 0 Å². The molecule has 0 N–H and O–H groups in total. The lowest BCUT2D eigenvalue weighted by Gasteiger charge is -2.16. The van der Waals surface area contributed by atoms with Crippen LogP contribution in [0.1, 0.15) is 77.9 Å². The fourth-order valence-electron chi connectivity index (χ4n) is 10.9. The molecule has 6 aromatic carbocycles. The van der Waals surface area contributed by atoms with E-state index in [-0.39, 0.29) is 0 Å². The highest BCUT2D eigenvalue weighted by Crippen LogP contribution is 2.56. The first-order valence-corrected chi connectivity index (χ1v) is 26.5. The summed E-state index contributed by atoms with van der Waals surface area (Å²) in [5, 5.41) is 0. The van der Waals surface area contributed by atoms with Crippen LogP contribution in [-0.4, -0.2) is 0 Å². The summed E-state index contributed by atoms with van der Waals surface area (Å²) in [4.78, 5) is 11.5.